The van der Waals surface area contributed by atoms with E-state index in [0.29, 0.717) is 18.6 Å². The first-order valence-electron chi connectivity index (χ1n) is 7.20. The Morgan fingerprint density at radius 3 is 2.00 bits per heavy atom. The van der Waals surface area contributed by atoms with Crippen LogP contribution in [-0.4, -0.2) is 74.7 Å². The number of rotatable bonds is 10. The van der Waals surface area contributed by atoms with E-state index in [-0.39, 0.29) is 5.97 Å². The molecule has 0 spiro atoms. The van der Waals surface area contributed by atoms with Crippen LogP contribution in [0.2, 0.25) is 0 Å². The van der Waals surface area contributed by atoms with Crippen LogP contribution in [0.15, 0.2) is 24.8 Å². The Balaban J connectivity index is 0. The highest BCUT2D eigenvalue weighted by atomic mass is 16.5. The molecule has 128 valence electrons. The second-order valence-corrected chi connectivity index (χ2v) is 5.34. The fourth-order valence-electron chi connectivity index (χ4n) is 1.33. The van der Waals surface area contributed by atoms with Gasteiger partial charge in [0.05, 0.1) is 6.61 Å². The van der Waals surface area contributed by atoms with E-state index < -0.39 is 5.97 Å². The van der Waals surface area contributed by atoms with Crippen LogP contribution in [0.1, 0.15) is 19.3 Å². The molecule has 0 aliphatic carbocycles. The summed E-state index contributed by atoms with van der Waals surface area (Å²) in [4.78, 5) is 24.8. The van der Waals surface area contributed by atoms with Crippen LogP contribution in [-0.2, 0) is 14.3 Å². The molecule has 0 saturated heterocycles. The maximum Gasteiger partial charge on any atom is 0.330 e. The van der Waals surface area contributed by atoms with Gasteiger partial charge in [0, 0.05) is 18.2 Å². The van der Waals surface area contributed by atoms with Crippen molar-refractivity contribution >= 4 is 11.9 Å². The number of aliphatic carboxylic acids is 1. The number of carbonyl (C=O) groups excluding carboxylic acids is 1. The molecule has 0 saturated carbocycles. The number of hydrogen-bond donors (Lipinski definition) is 1. The summed E-state index contributed by atoms with van der Waals surface area (Å²) < 4.78 is 4.76. The number of carboxylic acids is 1. The van der Waals surface area contributed by atoms with E-state index in [0.717, 1.165) is 25.9 Å². The molecule has 6 heteroatoms. The lowest BCUT2D eigenvalue weighted by molar-refractivity contribution is -0.138. The fraction of sp³-hybridized carbons (Fsp3) is 0.625. The van der Waals surface area contributed by atoms with Gasteiger partial charge < -0.3 is 19.6 Å². The van der Waals surface area contributed by atoms with Crippen molar-refractivity contribution < 1.29 is 19.4 Å². The Kier molecular flexibility index (Phi) is 14.7. The first-order chi connectivity index (χ1) is 10.2. The number of nitrogens with zero attached hydrogens (tertiary/aromatic N) is 2. The molecule has 0 aromatic rings. The van der Waals surface area contributed by atoms with Gasteiger partial charge in [-0.3, -0.25) is 0 Å². The van der Waals surface area contributed by atoms with Gasteiger partial charge in [0.15, 0.2) is 0 Å². The number of esters is 1. The molecule has 22 heavy (non-hydrogen) atoms. The Morgan fingerprint density at radius 1 is 1.09 bits per heavy atom. The van der Waals surface area contributed by atoms with Crippen molar-refractivity contribution in [2.75, 3.05) is 47.9 Å². The molecule has 0 amide bonds. The van der Waals surface area contributed by atoms with Crippen molar-refractivity contribution in [3.8, 4) is 0 Å². The topological polar surface area (TPSA) is 70.1 Å². The van der Waals surface area contributed by atoms with E-state index in [1.54, 1.807) is 0 Å². The van der Waals surface area contributed by atoms with Gasteiger partial charge in [-0.05, 0) is 54.0 Å². The molecule has 6 nitrogen and oxygen atoms in total. The molecule has 1 N–H and O–H groups in total. The number of carboxylic acid groups (broad SMARTS) is 1. The van der Waals surface area contributed by atoms with Crippen LogP contribution in [0.3, 0.4) is 0 Å². The zero-order valence-corrected chi connectivity index (χ0v) is 14.3. The lowest BCUT2D eigenvalue weighted by atomic mass is 10.1. The molecular weight excluding hydrogens is 284 g/mol. The first kappa shape index (κ1) is 22.6. The van der Waals surface area contributed by atoms with Crippen LogP contribution < -0.4 is 0 Å². The summed E-state index contributed by atoms with van der Waals surface area (Å²) in [6.07, 6.45) is 3.48. The van der Waals surface area contributed by atoms with Crippen LogP contribution >= 0.6 is 0 Å². The fourth-order valence-corrected chi connectivity index (χ4v) is 1.33. The molecule has 0 aromatic carbocycles. The summed E-state index contributed by atoms with van der Waals surface area (Å²) in [6.45, 7) is 9.04. The number of ether oxygens (including phenoxy) is 1. The molecule has 0 atom stereocenters. The Morgan fingerprint density at radius 2 is 1.59 bits per heavy atom. The van der Waals surface area contributed by atoms with Crippen molar-refractivity contribution in [3.63, 3.8) is 0 Å². The van der Waals surface area contributed by atoms with E-state index in [1.165, 1.54) is 6.08 Å². The summed E-state index contributed by atoms with van der Waals surface area (Å²) in [7, 11) is 7.89. The number of carbonyl (C=O) groups is 2. The van der Waals surface area contributed by atoms with Gasteiger partial charge in [-0.15, -0.1) is 0 Å². The summed E-state index contributed by atoms with van der Waals surface area (Å²) in [6, 6.07) is 0. The first-order valence-corrected chi connectivity index (χ1v) is 7.20. The normalized spacial score (nSPS) is 9.91. The third kappa shape index (κ3) is 18.3. The van der Waals surface area contributed by atoms with Gasteiger partial charge in [0.1, 0.15) is 0 Å². The minimum absolute atomic E-state index is 0.298. The lowest BCUT2D eigenvalue weighted by Crippen LogP contribution is -2.15. The highest BCUT2D eigenvalue weighted by Crippen LogP contribution is 2.01. The molecular formula is C16H30N2O4. The van der Waals surface area contributed by atoms with Crippen molar-refractivity contribution in [3.05, 3.63) is 24.8 Å². The second-order valence-electron chi connectivity index (χ2n) is 5.34. The van der Waals surface area contributed by atoms with Crippen molar-refractivity contribution in [2.24, 2.45) is 0 Å². The highest BCUT2D eigenvalue weighted by molar-refractivity contribution is 5.85. The maximum absolute atomic E-state index is 10.5. The van der Waals surface area contributed by atoms with Crippen LogP contribution in [0.4, 0.5) is 0 Å². The maximum atomic E-state index is 10.5. The van der Waals surface area contributed by atoms with Crippen LogP contribution in [0, 0.1) is 0 Å². The average Bonchev–Trinajstić information content (AvgIpc) is 2.43. The minimum Gasteiger partial charge on any atom is -0.478 e. The van der Waals surface area contributed by atoms with Gasteiger partial charge in [-0.2, -0.15) is 0 Å². The molecule has 0 heterocycles. The van der Waals surface area contributed by atoms with Gasteiger partial charge in [0.25, 0.3) is 0 Å². The minimum atomic E-state index is -0.885. The van der Waals surface area contributed by atoms with Crippen LogP contribution in [0.25, 0.3) is 0 Å². The van der Waals surface area contributed by atoms with E-state index in [1.807, 2.05) is 38.0 Å². The molecule has 0 aliphatic rings. The predicted octanol–water partition coefficient (Wildman–Crippen LogP) is 1.64. The lowest BCUT2D eigenvalue weighted by Gasteiger charge is -2.08. The second kappa shape index (κ2) is 14.3. The third-order valence-corrected chi connectivity index (χ3v) is 2.55. The van der Waals surface area contributed by atoms with E-state index >= 15 is 0 Å². The highest BCUT2D eigenvalue weighted by Gasteiger charge is 2.02. The van der Waals surface area contributed by atoms with Gasteiger partial charge >= 0.3 is 11.9 Å². The monoisotopic (exact) mass is 314 g/mol. The van der Waals surface area contributed by atoms with Gasteiger partial charge in [-0.25, -0.2) is 9.59 Å². The van der Waals surface area contributed by atoms with Gasteiger partial charge in [-0.1, -0.05) is 13.2 Å². The van der Waals surface area contributed by atoms with Gasteiger partial charge in [0.2, 0.25) is 0 Å². The number of hydrogen-bond acceptors (Lipinski definition) is 5. The Hall–Kier alpha value is -1.66. The van der Waals surface area contributed by atoms with E-state index in [9.17, 15) is 9.59 Å². The SMILES string of the molecule is C=C(CCCN(C)C)C(=O)O.C=CC(=O)OCCCN(C)C. The third-order valence-electron chi connectivity index (χ3n) is 2.55. The zero-order valence-electron chi connectivity index (χ0n) is 14.3. The quantitative estimate of drug-likeness (QED) is 0.375. The molecule has 0 fully saturated rings. The molecule has 0 radical (unpaired) electrons. The molecule has 0 bridgehead atoms. The molecule has 0 aliphatic heterocycles. The zero-order chi connectivity index (χ0) is 17.5. The Labute approximate surface area is 134 Å². The summed E-state index contributed by atoms with van der Waals surface area (Å²) in [5.41, 5.74) is 0.298. The molecule has 0 unspecified atom stereocenters. The smallest absolute Gasteiger partial charge is 0.330 e. The van der Waals surface area contributed by atoms with Crippen molar-refractivity contribution in [1.29, 1.82) is 0 Å². The van der Waals surface area contributed by atoms with Crippen molar-refractivity contribution in [2.45, 2.75) is 19.3 Å². The van der Waals surface area contributed by atoms with E-state index in [4.69, 9.17) is 9.84 Å². The largest absolute Gasteiger partial charge is 0.478 e. The summed E-state index contributed by atoms with van der Waals surface area (Å²) in [5, 5.41) is 8.43. The summed E-state index contributed by atoms with van der Waals surface area (Å²) in [5.74, 6) is -1.23. The van der Waals surface area contributed by atoms with E-state index in [2.05, 4.69) is 13.2 Å². The predicted molar refractivity (Wildman–Crippen MR) is 88.9 cm³/mol. The Bertz CT molecular complexity index is 350. The average molecular weight is 314 g/mol. The van der Waals surface area contributed by atoms with Crippen LogP contribution in [0.5, 0.6) is 0 Å². The van der Waals surface area contributed by atoms with Crippen molar-refractivity contribution in [1.82, 2.24) is 9.80 Å². The molecule has 0 aromatic heterocycles. The standard InChI is InChI=1S/2C8H15NO2/c1-7(8(10)11)5-4-6-9(2)3;1-4-8(10)11-7-5-6-9(2)3/h1,4-6H2,2-3H3,(H,10,11);4H,1,5-7H2,2-3H3. The summed E-state index contributed by atoms with van der Waals surface area (Å²) >= 11 is 0. The molecule has 0 rings (SSSR count).